The van der Waals surface area contributed by atoms with Gasteiger partial charge in [-0.05, 0) is 59.9 Å². The van der Waals surface area contributed by atoms with E-state index in [4.69, 9.17) is 4.42 Å². The van der Waals surface area contributed by atoms with Gasteiger partial charge in [0.25, 0.3) is 0 Å². The van der Waals surface area contributed by atoms with E-state index in [9.17, 15) is 0 Å². The highest BCUT2D eigenvalue weighted by Gasteiger charge is 2.38. The van der Waals surface area contributed by atoms with Crippen LogP contribution in [0.2, 0.25) is 0 Å². The zero-order chi connectivity index (χ0) is 20.6. The van der Waals surface area contributed by atoms with Crippen molar-refractivity contribution in [2.24, 2.45) is 0 Å². The fourth-order valence-corrected chi connectivity index (χ4v) is 5.24. The van der Waals surface area contributed by atoms with Gasteiger partial charge in [-0.15, -0.1) is 0 Å². The van der Waals surface area contributed by atoms with Gasteiger partial charge in [0.05, 0.1) is 5.69 Å². The number of benzene rings is 3. The first-order chi connectivity index (χ1) is 14.5. The summed E-state index contributed by atoms with van der Waals surface area (Å²) in [6.07, 6.45) is 1.88. The summed E-state index contributed by atoms with van der Waals surface area (Å²) in [5.41, 5.74) is 11.5. The normalized spacial score (nSPS) is 14.3. The first kappa shape index (κ1) is 17.5. The molecule has 0 atom stereocenters. The lowest BCUT2D eigenvalue weighted by molar-refractivity contribution is 0.620. The molecule has 0 saturated carbocycles. The van der Waals surface area contributed by atoms with Crippen molar-refractivity contribution in [3.05, 3.63) is 89.1 Å². The first-order valence-corrected chi connectivity index (χ1v) is 10.5. The van der Waals surface area contributed by atoms with E-state index in [-0.39, 0.29) is 5.41 Å². The van der Waals surface area contributed by atoms with E-state index in [1.54, 1.807) is 0 Å². The second-order valence-corrected chi connectivity index (χ2v) is 8.99. The maximum atomic E-state index is 6.73. The van der Waals surface area contributed by atoms with E-state index in [0.29, 0.717) is 0 Å². The molecule has 1 aliphatic carbocycles. The zero-order valence-corrected chi connectivity index (χ0v) is 17.7. The predicted octanol–water partition coefficient (Wildman–Crippen LogP) is 7.57. The molecule has 2 aromatic heterocycles. The van der Waals surface area contributed by atoms with Crippen LogP contribution in [0.4, 0.5) is 0 Å². The van der Waals surface area contributed by atoms with E-state index >= 15 is 0 Å². The quantitative estimate of drug-likeness (QED) is 0.295. The molecule has 6 rings (SSSR count). The van der Waals surface area contributed by atoms with Gasteiger partial charge in [-0.25, -0.2) is 0 Å². The third kappa shape index (κ3) is 2.16. The summed E-state index contributed by atoms with van der Waals surface area (Å²) in [6, 6.07) is 21.8. The van der Waals surface area contributed by atoms with E-state index < -0.39 is 0 Å². The highest BCUT2D eigenvalue weighted by atomic mass is 16.3. The van der Waals surface area contributed by atoms with Crippen molar-refractivity contribution >= 4 is 21.9 Å². The number of aryl methyl sites for hydroxylation is 2. The summed E-state index contributed by atoms with van der Waals surface area (Å²) in [5.74, 6) is 0. The fraction of sp³-hybridized carbons (Fsp3) is 0.179. The lowest BCUT2D eigenvalue weighted by Gasteiger charge is -2.21. The molecule has 3 aromatic carbocycles. The van der Waals surface area contributed by atoms with Crippen LogP contribution in [0, 0.1) is 13.8 Å². The van der Waals surface area contributed by atoms with E-state index in [1.165, 1.54) is 38.8 Å². The van der Waals surface area contributed by atoms with Crippen molar-refractivity contribution in [3.8, 4) is 22.4 Å². The summed E-state index contributed by atoms with van der Waals surface area (Å²) in [7, 11) is 0. The Kier molecular flexibility index (Phi) is 3.39. The van der Waals surface area contributed by atoms with Crippen LogP contribution < -0.4 is 0 Å². The third-order valence-electron chi connectivity index (χ3n) is 6.71. The van der Waals surface area contributed by atoms with Gasteiger partial charge in [0.2, 0.25) is 0 Å². The number of hydrogen-bond donors (Lipinski definition) is 0. The van der Waals surface area contributed by atoms with Crippen LogP contribution >= 0.6 is 0 Å². The number of aromatic nitrogens is 1. The summed E-state index contributed by atoms with van der Waals surface area (Å²) >= 11 is 0. The molecule has 0 unspecified atom stereocenters. The molecular weight excluding hydrogens is 366 g/mol. The van der Waals surface area contributed by atoms with Gasteiger partial charge in [0.15, 0.2) is 0 Å². The molecule has 0 N–H and O–H groups in total. The maximum absolute atomic E-state index is 6.73. The van der Waals surface area contributed by atoms with Crippen LogP contribution in [0.25, 0.3) is 44.3 Å². The van der Waals surface area contributed by atoms with Crippen molar-refractivity contribution in [1.29, 1.82) is 0 Å². The number of hydrogen-bond acceptors (Lipinski definition) is 2. The zero-order valence-electron chi connectivity index (χ0n) is 17.7. The van der Waals surface area contributed by atoms with Gasteiger partial charge in [-0.1, -0.05) is 56.3 Å². The molecule has 0 saturated heterocycles. The predicted molar refractivity (Wildman–Crippen MR) is 124 cm³/mol. The number of furan rings is 1. The molecule has 2 heteroatoms. The molecule has 0 amide bonds. The molecule has 0 bridgehead atoms. The van der Waals surface area contributed by atoms with Crippen molar-refractivity contribution in [1.82, 2.24) is 4.98 Å². The molecule has 2 heterocycles. The lowest BCUT2D eigenvalue weighted by atomic mass is 9.82. The van der Waals surface area contributed by atoms with E-state index in [0.717, 1.165) is 27.8 Å². The molecule has 0 radical (unpaired) electrons. The summed E-state index contributed by atoms with van der Waals surface area (Å²) < 4.78 is 6.73. The Morgan fingerprint density at radius 2 is 1.57 bits per heavy atom. The summed E-state index contributed by atoms with van der Waals surface area (Å²) in [4.78, 5) is 4.66. The second kappa shape index (κ2) is 5.82. The highest BCUT2D eigenvalue weighted by Crippen LogP contribution is 2.52. The Bertz CT molecular complexity index is 1490. The van der Waals surface area contributed by atoms with Crippen LogP contribution in [0.15, 0.2) is 71.3 Å². The van der Waals surface area contributed by atoms with Gasteiger partial charge < -0.3 is 4.42 Å². The SMILES string of the molecule is Cc1ccnc(-c2c(C)ccc3c2oc2c4c(ccc23)-c2ccccc2C4(C)C)c1. The number of rotatable bonds is 1. The van der Waals surface area contributed by atoms with E-state index in [2.05, 4.69) is 87.3 Å². The molecule has 146 valence electrons. The molecular formula is C28H23NO. The van der Waals surface area contributed by atoms with Gasteiger partial charge in [-0.3, -0.25) is 4.98 Å². The smallest absolute Gasteiger partial charge is 0.145 e. The number of pyridine rings is 1. The van der Waals surface area contributed by atoms with Crippen LogP contribution in [0.1, 0.15) is 36.1 Å². The standard InChI is InChI=1S/C28H23NO/c1-16-13-14-29-23(15-16)24-17(2)9-10-20-21-12-11-19-18-7-5-6-8-22(18)28(3,4)25(19)27(21)30-26(20)24/h5-15H,1-4H3. The van der Waals surface area contributed by atoms with Gasteiger partial charge in [-0.2, -0.15) is 0 Å². The molecule has 2 nitrogen and oxygen atoms in total. The molecule has 30 heavy (non-hydrogen) atoms. The minimum atomic E-state index is -0.101. The number of fused-ring (bicyclic) bond motifs is 7. The van der Waals surface area contributed by atoms with Crippen molar-refractivity contribution in [2.45, 2.75) is 33.1 Å². The monoisotopic (exact) mass is 389 g/mol. The molecule has 0 fully saturated rings. The van der Waals surface area contributed by atoms with Crippen LogP contribution in [0.5, 0.6) is 0 Å². The topological polar surface area (TPSA) is 26.0 Å². The maximum Gasteiger partial charge on any atom is 0.145 e. The minimum Gasteiger partial charge on any atom is -0.455 e. The van der Waals surface area contributed by atoms with Crippen molar-refractivity contribution < 1.29 is 4.42 Å². The molecule has 1 aliphatic rings. The lowest BCUT2D eigenvalue weighted by Crippen LogP contribution is -2.15. The number of nitrogens with zero attached hydrogens (tertiary/aromatic N) is 1. The Morgan fingerprint density at radius 1 is 0.800 bits per heavy atom. The van der Waals surface area contributed by atoms with Crippen molar-refractivity contribution in [2.75, 3.05) is 0 Å². The van der Waals surface area contributed by atoms with E-state index in [1.807, 2.05) is 12.3 Å². The molecule has 5 aromatic rings. The van der Waals surface area contributed by atoms with Crippen LogP contribution in [0.3, 0.4) is 0 Å². The van der Waals surface area contributed by atoms with Gasteiger partial charge >= 0.3 is 0 Å². The third-order valence-corrected chi connectivity index (χ3v) is 6.71. The fourth-order valence-electron chi connectivity index (χ4n) is 5.24. The average Bonchev–Trinajstić information content (AvgIpc) is 3.21. The Hall–Kier alpha value is -3.39. The minimum absolute atomic E-state index is 0.101. The highest BCUT2D eigenvalue weighted by molar-refractivity contribution is 6.12. The average molecular weight is 389 g/mol. The summed E-state index contributed by atoms with van der Waals surface area (Å²) in [6.45, 7) is 8.85. The van der Waals surface area contributed by atoms with Crippen molar-refractivity contribution in [3.63, 3.8) is 0 Å². The first-order valence-electron chi connectivity index (χ1n) is 10.5. The van der Waals surface area contributed by atoms with Crippen LogP contribution in [-0.4, -0.2) is 4.98 Å². The Balaban J connectivity index is 1.74. The van der Waals surface area contributed by atoms with Gasteiger partial charge in [0.1, 0.15) is 11.2 Å². The van der Waals surface area contributed by atoms with Gasteiger partial charge in [0, 0.05) is 33.5 Å². The molecule has 0 spiro atoms. The van der Waals surface area contributed by atoms with Crippen LogP contribution in [-0.2, 0) is 5.41 Å². The Morgan fingerprint density at radius 3 is 2.40 bits per heavy atom. The summed E-state index contributed by atoms with van der Waals surface area (Å²) in [5, 5.41) is 2.34. The second-order valence-electron chi connectivity index (χ2n) is 8.99. The Labute approximate surface area is 176 Å². The molecule has 0 aliphatic heterocycles. The largest absolute Gasteiger partial charge is 0.455 e.